The fraction of sp³-hybridized carbons (Fsp3) is 0. The van der Waals surface area contributed by atoms with Crippen LogP contribution in [0.5, 0.6) is 0 Å². The first-order valence-corrected chi connectivity index (χ1v) is 15.4. The quantitative estimate of drug-likeness (QED) is 0.282. The molecule has 1 aliphatic heterocycles. The molecule has 0 amide bonds. The molecule has 2 heterocycles. The Bertz CT molecular complexity index is 1960. The third-order valence-corrected chi connectivity index (χ3v) is 11.9. The molecule has 0 saturated carbocycles. The van der Waals surface area contributed by atoms with E-state index in [9.17, 15) is 8.42 Å². The molecular formula is C31H21N2O3PS. The minimum atomic E-state index is -3.91. The average Bonchev–Trinajstić information content (AvgIpc) is 3.37. The first kappa shape index (κ1) is 22.9. The SMILES string of the molecule is O=P(c1ccccc1)(c1ccccc1)c1cc2c3c(c1)nc(-c1ccccc1)n3-c1ccccc1S2(=O)=O. The molecule has 7 rings (SSSR count). The first-order valence-electron chi connectivity index (χ1n) is 12.2. The topological polar surface area (TPSA) is 69.0 Å². The van der Waals surface area contributed by atoms with Gasteiger partial charge in [0.1, 0.15) is 5.82 Å². The standard InChI is InChI=1S/C31H21N2O3PS/c34-37(23-14-6-2-7-15-23,24-16-8-3-9-17-24)25-20-26-30-29(21-25)38(35,36)28-19-11-10-18-27(28)33(30)31(32-26)22-12-4-1-5-13-22/h1-21H. The number of hydrogen-bond donors (Lipinski definition) is 0. The zero-order valence-electron chi connectivity index (χ0n) is 20.1. The van der Waals surface area contributed by atoms with Crippen LogP contribution in [0.4, 0.5) is 0 Å². The number of hydrogen-bond acceptors (Lipinski definition) is 4. The Morgan fingerprint density at radius 3 is 1.79 bits per heavy atom. The van der Waals surface area contributed by atoms with Crippen molar-refractivity contribution in [3.8, 4) is 17.1 Å². The number of para-hydroxylation sites is 1. The summed E-state index contributed by atoms with van der Waals surface area (Å²) in [6, 6.07) is 38.6. The van der Waals surface area contributed by atoms with Crippen molar-refractivity contribution >= 4 is 43.9 Å². The molecule has 7 heteroatoms. The molecule has 0 fully saturated rings. The van der Waals surface area contributed by atoms with E-state index in [4.69, 9.17) is 4.98 Å². The van der Waals surface area contributed by atoms with Crippen LogP contribution in [0.2, 0.25) is 0 Å². The highest BCUT2D eigenvalue weighted by Gasteiger charge is 2.37. The predicted octanol–water partition coefficient (Wildman–Crippen LogP) is 5.48. The van der Waals surface area contributed by atoms with Crippen LogP contribution >= 0.6 is 7.14 Å². The van der Waals surface area contributed by atoms with E-state index in [2.05, 4.69) is 0 Å². The molecule has 0 spiro atoms. The van der Waals surface area contributed by atoms with Crippen LogP contribution in [0.15, 0.2) is 137 Å². The number of aromatic nitrogens is 2. The molecule has 5 aromatic carbocycles. The Hall–Kier alpha value is -4.25. The van der Waals surface area contributed by atoms with Crippen molar-refractivity contribution in [2.24, 2.45) is 0 Å². The number of imidazole rings is 1. The Morgan fingerprint density at radius 1 is 0.605 bits per heavy atom. The van der Waals surface area contributed by atoms with E-state index >= 15 is 4.57 Å². The van der Waals surface area contributed by atoms with E-state index in [1.54, 1.807) is 30.3 Å². The highest BCUT2D eigenvalue weighted by atomic mass is 32.2. The fourth-order valence-electron chi connectivity index (χ4n) is 5.27. The van der Waals surface area contributed by atoms with Gasteiger partial charge in [-0.3, -0.25) is 4.57 Å². The van der Waals surface area contributed by atoms with Gasteiger partial charge in [-0.2, -0.15) is 0 Å². The van der Waals surface area contributed by atoms with Gasteiger partial charge < -0.3 is 4.57 Å². The Kier molecular flexibility index (Phi) is 5.05. The molecule has 0 atom stereocenters. The number of sulfone groups is 1. The number of nitrogens with zero attached hydrogens (tertiary/aromatic N) is 2. The minimum absolute atomic E-state index is 0.116. The Balaban J connectivity index is 1.63. The first-order chi connectivity index (χ1) is 18.5. The maximum Gasteiger partial charge on any atom is 0.210 e. The smallest absolute Gasteiger partial charge is 0.210 e. The monoisotopic (exact) mass is 532 g/mol. The molecule has 184 valence electrons. The lowest BCUT2D eigenvalue weighted by atomic mass is 10.2. The van der Waals surface area contributed by atoms with E-state index < -0.39 is 17.0 Å². The number of rotatable bonds is 4. The lowest BCUT2D eigenvalue weighted by molar-refractivity contribution is 0.592. The molecule has 0 aliphatic carbocycles. The molecule has 0 N–H and O–H groups in total. The van der Waals surface area contributed by atoms with Gasteiger partial charge in [-0.05, 0) is 24.3 Å². The van der Waals surface area contributed by atoms with Gasteiger partial charge in [0.25, 0.3) is 0 Å². The summed E-state index contributed by atoms with van der Waals surface area (Å²) in [6.07, 6.45) is 0. The van der Waals surface area contributed by atoms with Gasteiger partial charge >= 0.3 is 0 Å². The van der Waals surface area contributed by atoms with Gasteiger partial charge in [0.2, 0.25) is 9.84 Å². The van der Waals surface area contributed by atoms with Crippen LogP contribution in [-0.4, -0.2) is 18.0 Å². The fourth-order valence-corrected chi connectivity index (χ4v) is 9.71. The third-order valence-electron chi connectivity index (χ3n) is 7.02. The summed E-state index contributed by atoms with van der Waals surface area (Å²) in [5.74, 6) is 0.635. The van der Waals surface area contributed by atoms with Crippen molar-refractivity contribution in [2.75, 3.05) is 0 Å². The van der Waals surface area contributed by atoms with Gasteiger partial charge in [-0.25, -0.2) is 13.4 Å². The Morgan fingerprint density at radius 2 is 1.16 bits per heavy atom. The van der Waals surface area contributed by atoms with Crippen molar-refractivity contribution < 1.29 is 13.0 Å². The maximum absolute atomic E-state index is 15.1. The normalized spacial score (nSPS) is 13.8. The second-order valence-electron chi connectivity index (χ2n) is 9.20. The van der Waals surface area contributed by atoms with Crippen molar-refractivity contribution in [2.45, 2.75) is 9.79 Å². The Labute approximate surface area is 220 Å². The molecule has 5 nitrogen and oxygen atoms in total. The molecule has 0 saturated heterocycles. The van der Waals surface area contributed by atoms with E-state index in [1.165, 1.54) is 0 Å². The molecule has 1 aromatic heterocycles. The van der Waals surface area contributed by atoms with E-state index in [-0.39, 0.29) is 9.79 Å². The molecule has 0 radical (unpaired) electrons. The molecule has 0 bridgehead atoms. The van der Waals surface area contributed by atoms with Crippen LogP contribution in [0, 0.1) is 0 Å². The predicted molar refractivity (Wildman–Crippen MR) is 151 cm³/mol. The summed E-state index contributed by atoms with van der Waals surface area (Å²) in [5, 5.41) is 1.70. The number of fused-ring (bicyclic) bond motifs is 2. The summed E-state index contributed by atoms with van der Waals surface area (Å²) in [5.41, 5.74) is 2.41. The van der Waals surface area contributed by atoms with Crippen molar-refractivity contribution in [1.82, 2.24) is 9.55 Å². The highest BCUT2D eigenvalue weighted by molar-refractivity contribution is 7.92. The molecule has 0 unspecified atom stereocenters. The van der Waals surface area contributed by atoms with Crippen molar-refractivity contribution in [3.05, 3.63) is 127 Å². The second-order valence-corrected chi connectivity index (χ2v) is 13.9. The van der Waals surface area contributed by atoms with Gasteiger partial charge in [0, 0.05) is 21.5 Å². The molecular weight excluding hydrogens is 511 g/mol. The summed E-state index contributed by atoms with van der Waals surface area (Å²) >= 11 is 0. The minimum Gasteiger partial charge on any atom is -0.309 e. The zero-order chi connectivity index (χ0) is 25.9. The highest BCUT2D eigenvalue weighted by Crippen LogP contribution is 2.47. The maximum atomic E-state index is 15.1. The second kappa shape index (κ2) is 8.38. The van der Waals surface area contributed by atoms with Crippen LogP contribution in [0.1, 0.15) is 0 Å². The molecule has 38 heavy (non-hydrogen) atoms. The average molecular weight is 533 g/mol. The van der Waals surface area contributed by atoms with Crippen LogP contribution in [0.3, 0.4) is 0 Å². The van der Waals surface area contributed by atoms with Gasteiger partial charge in [0.15, 0.2) is 7.14 Å². The van der Waals surface area contributed by atoms with Gasteiger partial charge in [-0.1, -0.05) is 103 Å². The summed E-state index contributed by atoms with van der Waals surface area (Å²) in [4.78, 5) is 5.28. The number of benzene rings is 5. The van der Waals surface area contributed by atoms with E-state index in [1.807, 2.05) is 102 Å². The van der Waals surface area contributed by atoms with Crippen LogP contribution in [-0.2, 0) is 14.4 Å². The zero-order valence-corrected chi connectivity index (χ0v) is 21.8. The lowest BCUT2D eigenvalue weighted by Gasteiger charge is -2.24. The van der Waals surface area contributed by atoms with E-state index in [0.717, 1.165) is 5.56 Å². The van der Waals surface area contributed by atoms with Gasteiger partial charge in [0.05, 0.1) is 26.5 Å². The summed E-state index contributed by atoms with van der Waals surface area (Å²) < 4.78 is 45.1. The third kappa shape index (κ3) is 3.21. The summed E-state index contributed by atoms with van der Waals surface area (Å²) in [7, 11) is -7.33. The van der Waals surface area contributed by atoms with Gasteiger partial charge in [-0.15, -0.1) is 0 Å². The lowest BCUT2D eigenvalue weighted by Crippen LogP contribution is -2.26. The van der Waals surface area contributed by atoms with Crippen molar-refractivity contribution in [1.29, 1.82) is 0 Å². The van der Waals surface area contributed by atoms with Crippen LogP contribution < -0.4 is 15.9 Å². The molecule has 1 aliphatic rings. The largest absolute Gasteiger partial charge is 0.309 e. The van der Waals surface area contributed by atoms with Crippen molar-refractivity contribution in [3.63, 3.8) is 0 Å². The van der Waals surface area contributed by atoms with E-state index in [0.29, 0.717) is 38.5 Å². The molecule has 6 aromatic rings. The van der Waals surface area contributed by atoms with Crippen LogP contribution in [0.25, 0.3) is 28.1 Å². The summed E-state index contributed by atoms with van der Waals surface area (Å²) in [6.45, 7) is 0.